The van der Waals surface area contributed by atoms with Crippen molar-refractivity contribution in [3.8, 4) is 0 Å². The number of hydrogen-bond acceptors (Lipinski definition) is 4. The Bertz CT molecular complexity index is 461. The second kappa shape index (κ2) is 7.78. The van der Waals surface area contributed by atoms with Crippen molar-refractivity contribution in [3.05, 3.63) is 29.8 Å². The van der Waals surface area contributed by atoms with Crippen LogP contribution in [0.4, 0.5) is 13.2 Å². The molecular formula is C12H13F3N2O2S. The Morgan fingerprint density at radius 2 is 2.05 bits per heavy atom. The van der Waals surface area contributed by atoms with Crippen LogP contribution in [0.15, 0.2) is 34.3 Å². The second-order valence-electron chi connectivity index (χ2n) is 3.67. The molecule has 0 unspecified atom stereocenters. The lowest BCUT2D eigenvalue weighted by atomic mass is 10.2. The minimum atomic E-state index is -4.43. The van der Waals surface area contributed by atoms with E-state index in [1.807, 2.05) is 30.5 Å². The van der Waals surface area contributed by atoms with Crippen molar-refractivity contribution < 1.29 is 22.8 Å². The Morgan fingerprint density at radius 3 is 2.60 bits per heavy atom. The van der Waals surface area contributed by atoms with E-state index in [4.69, 9.17) is 0 Å². The molecule has 20 heavy (non-hydrogen) atoms. The average molecular weight is 306 g/mol. The third-order valence-electron chi connectivity index (χ3n) is 2.07. The summed E-state index contributed by atoms with van der Waals surface area (Å²) in [6, 6.07) is 7.40. The third-order valence-corrected chi connectivity index (χ3v) is 2.82. The number of hydrogen-bond donors (Lipinski definition) is 1. The summed E-state index contributed by atoms with van der Waals surface area (Å²) in [7, 11) is 0. The molecule has 0 radical (unpaired) electrons. The van der Waals surface area contributed by atoms with Gasteiger partial charge in [0, 0.05) is 4.90 Å². The lowest BCUT2D eigenvalue weighted by molar-refractivity contribution is -0.141. The number of nitrogens with one attached hydrogen (secondary N) is 1. The number of rotatable bonds is 6. The van der Waals surface area contributed by atoms with Gasteiger partial charge in [0.2, 0.25) is 0 Å². The van der Waals surface area contributed by atoms with Crippen LogP contribution in [0.3, 0.4) is 0 Å². The van der Waals surface area contributed by atoms with Crippen LogP contribution in [-0.4, -0.2) is 37.7 Å². The van der Waals surface area contributed by atoms with Gasteiger partial charge in [0.1, 0.15) is 6.54 Å². The van der Waals surface area contributed by atoms with Gasteiger partial charge < -0.3 is 10.2 Å². The summed E-state index contributed by atoms with van der Waals surface area (Å²) in [6.07, 6.45) is -1.11. The third kappa shape index (κ3) is 7.03. The summed E-state index contributed by atoms with van der Waals surface area (Å²) in [4.78, 5) is 16.7. The fraction of sp³-hybridized carbons (Fsp3) is 0.333. The molecular weight excluding hydrogens is 293 g/mol. The van der Waals surface area contributed by atoms with Crippen LogP contribution in [0.1, 0.15) is 5.56 Å². The molecule has 0 spiro atoms. The van der Waals surface area contributed by atoms with Crippen molar-refractivity contribution in [1.82, 2.24) is 5.32 Å². The van der Waals surface area contributed by atoms with Crippen LogP contribution >= 0.6 is 11.8 Å². The quantitative estimate of drug-likeness (QED) is 0.499. The maximum absolute atomic E-state index is 11.8. The summed E-state index contributed by atoms with van der Waals surface area (Å²) >= 11 is 1.60. The topological polar surface area (TPSA) is 50.7 Å². The van der Waals surface area contributed by atoms with Gasteiger partial charge in [-0.15, -0.1) is 11.8 Å². The lowest BCUT2D eigenvalue weighted by Gasteiger charge is -2.07. The molecule has 0 heterocycles. The van der Waals surface area contributed by atoms with Crippen molar-refractivity contribution in [2.24, 2.45) is 5.16 Å². The zero-order valence-corrected chi connectivity index (χ0v) is 11.4. The van der Waals surface area contributed by atoms with Crippen molar-refractivity contribution in [2.45, 2.75) is 11.1 Å². The molecule has 0 aliphatic heterocycles. The molecule has 4 nitrogen and oxygen atoms in total. The molecule has 8 heteroatoms. The summed E-state index contributed by atoms with van der Waals surface area (Å²) in [5.41, 5.74) is 0.762. The molecule has 0 fully saturated rings. The van der Waals surface area contributed by atoms with E-state index < -0.39 is 25.2 Å². The molecule has 1 aromatic carbocycles. The fourth-order valence-electron chi connectivity index (χ4n) is 1.13. The number of halogens is 3. The minimum absolute atomic E-state index is 0.560. The second-order valence-corrected chi connectivity index (χ2v) is 4.55. The Kier molecular flexibility index (Phi) is 6.37. The van der Waals surface area contributed by atoms with Crippen LogP contribution in [-0.2, 0) is 9.63 Å². The molecule has 0 aliphatic carbocycles. The summed E-state index contributed by atoms with van der Waals surface area (Å²) in [6.45, 7) is -1.94. The first-order chi connectivity index (χ1) is 9.40. The predicted molar refractivity (Wildman–Crippen MR) is 70.8 cm³/mol. The standard InChI is InChI=1S/C12H13F3N2O2S/c1-20-10-4-2-9(3-5-10)6-17-19-7-11(18)16-8-12(13,14)15/h2-6H,7-8H2,1H3,(H,16,18). The highest BCUT2D eigenvalue weighted by molar-refractivity contribution is 7.98. The highest BCUT2D eigenvalue weighted by atomic mass is 32.2. The van der Waals surface area contributed by atoms with E-state index in [1.54, 1.807) is 17.1 Å². The van der Waals surface area contributed by atoms with Gasteiger partial charge in [0.25, 0.3) is 5.91 Å². The van der Waals surface area contributed by atoms with Gasteiger partial charge in [-0.25, -0.2) is 0 Å². The highest BCUT2D eigenvalue weighted by Gasteiger charge is 2.27. The van der Waals surface area contributed by atoms with Crippen LogP contribution in [0.5, 0.6) is 0 Å². The number of amides is 1. The summed E-state index contributed by atoms with van der Waals surface area (Å²) in [5, 5.41) is 5.18. The van der Waals surface area contributed by atoms with Crippen molar-refractivity contribution >= 4 is 23.9 Å². The minimum Gasteiger partial charge on any atom is -0.386 e. The van der Waals surface area contributed by atoms with E-state index in [2.05, 4.69) is 9.99 Å². The number of benzene rings is 1. The van der Waals surface area contributed by atoms with E-state index in [1.165, 1.54) is 6.21 Å². The van der Waals surface area contributed by atoms with Gasteiger partial charge in [0.15, 0.2) is 6.61 Å². The predicted octanol–water partition coefficient (Wildman–Crippen LogP) is 2.44. The number of alkyl halides is 3. The summed E-state index contributed by atoms with van der Waals surface area (Å²) < 4.78 is 35.4. The number of carbonyl (C=O) groups excluding carboxylic acids is 1. The van der Waals surface area contributed by atoms with E-state index in [0.717, 1.165) is 10.5 Å². The Hall–Kier alpha value is -1.70. The molecule has 0 aromatic heterocycles. The first-order valence-corrected chi connectivity index (χ1v) is 6.76. The molecule has 0 aliphatic rings. The van der Waals surface area contributed by atoms with Gasteiger partial charge in [0.05, 0.1) is 6.21 Å². The van der Waals surface area contributed by atoms with Crippen LogP contribution in [0, 0.1) is 0 Å². The van der Waals surface area contributed by atoms with Crippen molar-refractivity contribution in [2.75, 3.05) is 19.4 Å². The molecule has 0 saturated carbocycles. The smallest absolute Gasteiger partial charge is 0.386 e. The van der Waals surface area contributed by atoms with Crippen LogP contribution < -0.4 is 5.32 Å². The Labute approximate surface area is 118 Å². The first-order valence-electron chi connectivity index (χ1n) is 5.53. The maximum atomic E-state index is 11.8. The van der Waals surface area contributed by atoms with Crippen LogP contribution in [0.2, 0.25) is 0 Å². The van der Waals surface area contributed by atoms with Crippen molar-refractivity contribution in [1.29, 1.82) is 0 Å². The van der Waals surface area contributed by atoms with E-state index in [0.29, 0.717) is 0 Å². The number of nitrogens with zero attached hydrogens (tertiary/aromatic N) is 1. The Morgan fingerprint density at radius 1 is 1.40 bits per heavy atom. The molecule has 1 N–H and O–H groups in total. The Balaban J connectivity index is 2.28. The number of thioether (sulfide) groups is 1. The molecule has 1 amide bonds. The number of carbonyl (C=O) groups is 1. The van der Waals surface area contributed by atoms with E-state index in [9.17, 15) is 18.0 Å². The van der Waals surface area contributed by atoms with Crippen molar-refractivity contribution in [3.63, 3.8) is 0 Å². The van der Waals surface area contributed by atoms with Gasteiger partial charge in [-0.3, -0.25) is 4.79 Å². The normalized spacial score (nSPS) is 11.6. The van der Waals surface area contributed by atoms with E-state index in [-0.39, 0.29) is 0 Å². The molecule has 0 atom stereocenters. The van der Waals surface area contributed by atoms with Gasteiger partial charge in [-0.1, -0.05) is 17.3 Å². The largest absolute Gasteiger partial charge is 0.405 e. The lowest BCUT2D eigenvalue weighted by Crippen LogP contribution is -2.35. The zero-order valence-electron chi connectivity index (χ0n) is 10.6. The van der Waals surface area contributed by atoms with E-state index >= 15 is 0 Å². The highest BCUT2D eigenvalue weighted by Crippen LogP contribution is 2.14. The summed E-state index contributed by atoms with van der Waals surface area (Å²) in [5.74, 6) is -0.878. The molecule has 1 rings (SSSR count). The first kappa shape index (κ1) is 16.4. The molecule has 1 aromatic rings. The zero-order chi connectivity index (χ0) is 15.0. The fourth-order valence-corrected chi connectivity index (χ4v) is 1.54. The SMILES string of the molecule is CSc1ccc(C=NOCC(=O)NCC(F)(F)F)cc1. The van der Waals surface area contributed by atoms with Gasteiger partial charge in [-0.05, 0) is 24.0 Å². The number of oxime groups is 1. The average Bonchev–Trinajstić information content (AvgIpc) is 2.41. The molecule has 0 bridgehead atoms. The molecule has 0 saturated heterocycles. The monoisotopic (exact) mass is 306 g/mol. The van der Waals surface area contributed by atoms with Crippen LogP contribution in [0.25, 0.3) is 0 Å². The molecule has 110 valence electrons. The maximum Gasteiger partial charge on any atom is 0.405 e. The van der Waals surface area contributed by atoms with Gasteiger partial charge >= 0.3 is 6.18 Å². The van der Waals surface area contributed by atoms with Gasteiger partial charge in [-0.2, -0.15) is 13.2 Å².